The fraction of sp³-hybridized carbons (Fsp3) is 0.333. The summed E-state index contributed by atoms with van der Waals surface area (Å²) in [5.41, 5.74) is 5.84. The molecule has 0 heterocycles. The minimum atomic E-state index is -0.979. The molecule has 0 saturated carbocycles. The van der Waals surface area contributed by atoms with E-state index in [0.29, 0.717) is 5.56 Å². The Kier molecular flexibility index (Phi) is 5.34. The molecule has 0 unspecified atom stereocenters. The number of nitrogens with two attached hydrogens (primary N) is 1. The van der Waals surface area contributed by atoms with Crippen LogP contribution in [0.5, 0.6) is 0 Å². The minimum Gasteiger partial charge on any atom is -0.322 e. The fourth-order valence-electron chi connectivity index (χ4n) is 1.10. The van der Waals surface area contributed by atoms with Crippen molar-refractivity contribution in [3.8, 4) is 0 Å². The van der Waals surface area contributed by atoms with Crippen molar-refractivity contribution < 1.29 is 8.78 Å². The average molecular weight is 242 g/mol. The first kappa shape index (κ1) is 13.6. The highest BCUT2D eigenvalue weighted by Gasteiger charge is 2.16. The first-order valence-corrected chi connectivity index (χ1v) is 4.21. The molecule has 80 valence electrons. The Morgan fingerprint density at radius 2 is 2.07 bits per heavy atom. The molecule has 1 nitrogen and oxygen atoms in total. The van der Waals surface area contributed by atoms with E-state index >= 15 is 0 Å². The van der Waals surface area contributed by atoms with E-state index in [-0.39, 0.29) is 23.0 Å². The van der Waals surface area contributed by atoms with Gasteiger partial charge in [-0.25, -0.2) is 8.78 Å². The lowest BCUT2D eigenvalue weighted by Crippen LogP contribution is -2.15. The van der Waals surface area contributed by atoms with Gasteiger partial charge in [-0.3, -0.25) is 0 Å². The molecule has 0 aliphatic carbocycles. The van der Waals surface area contributed by atoms with Crippen LogP contribution in [0.2, 0.25) is 5.02 Å². The minimum absolute atomic E-state index is 0. The first-order chi connectivity index (χ1) is 6.07. The molecule has 0 radical (unpaired) electrons. The number of aryl methyl sites for hydroxylation is 1. The highest BCUT2D eigenvalue weighted by Crippen LogP contribution is 2.26. The molecule has 0 aliphatic heterocycles. The number of rotatable bonds is 2. The van der Waals surface area contributed by atoms with Gasteiger partial charge < -0.3 is 5.73 Å². The maximum absolute atomic E-state index is 13.4. The lowest BCUT2D eigenvalue weighted by Gasteiger charge is -2.12. The van der Waals surface area contributed by atoms with E-state index < -0.39 is 18.5 Å². The van der Waals surface area contributed by atoms with Gasteiger partial charge in [-0.05, 0) is 18.6 Å². The van der Waals surface area contributed by atoms with Crippen molar-refractivity contribution in [1.82, 2.24) is 0 Å². The van der Waals surface area contributed by atoms with Gasteiger partial charge in [-0.2, -0.15) is 0 Å². The molecule has 0 saturated heterocycles. The van der Waals surface area contributed by atoms with Crippen LogP contribution in [0.25, 0.3) is 0 Å². The van der Waals surface area contributed by atoms with Crippen molar-refractivity contribution in [3.63, 3.8) is 0 Å². The van der Waals surface area contributed by atoms with Gasteiger partial charge in [0, 0.05) is 10.6 Å². The second-order valence-corrected chi connectivity index (χ2v) is 3.26. The van der Waals surface area contributed by atoms with Gasteiger partial charge in [-0.1, -0.05) is 17.7 Å². The maximum atomic E-state index is 13.4. The summed E-state index contributed by atoms with van der Waals surface area (Å²) in [7, 11) is 0. The van der Waals surface area contributed by atoms with Crippen LogP contribution in [0.4, 0.5) is 8.78 Å². The Balaban J connectivity index is 0.00000169. The van der Waals surface area contributed by atoms with E-state index in [1.807, 2.05) is 0 Å². The summed E-state index contributed by atoms with van der Waals surface area (Å²) in [5, 5.41) is 0.174. The fourth-order valence-corrected chi connectivity index (χ4v) is 1.38. The van der Waals surface area contributed by atoms with E-state index in [1.54, 1.807) is 6.92 Å². The van der Waals surface area contributed by atoms with E-state index in [9.17, 15) is 8.78 Å². The maximum Gasteiger partial charge on any atom is 0.132 e. The Morgan fingerprint density at radius 1 is 1.50 bits per heavy atom. The third-order valence-corrected chi connectivity index (χ3v) is 2.19. The van der Waals surface area contributed by atoms with Crippen molar-refractivity contribution in [2.75, 3.05) is 6.67 Å². The van der Waals surface area contributed by atoms with Crippen LogP contribution >= 0.6 is 24.0 Å². The van der Waals surface area contributed by atoms with Crippen LogP contribution in [-0.4, -0.2) is 6.67 Å². The molecule has 2 N–H and O–H groups in total. The molecule has 0 fully saturated rings. The van der Waals surface area contributed by atoms with Gasteiger partial charge in [0.1, 0.15) is 12.5 Å². The number of hydrogen-bond donors (Lipinski definition) is 1. The van der Waals surface area contributed by atoms with E-state index in [4.69, 9.17) is 17.3 Å². The zero-order chi connectivity index (χ0) is 10.0. The zero-order valence-electron chi connectivity index (χ0n) is 7.56. The smallest absolute Gasteiger partial charge is 0.132 e. The molecule has 0 spiro atoms. The van der Waals surface area contributed by atoms with Gasteiger partial charge in [0.05, 0.1) is 6.04 Å². The highest BCUT2D eigenvalue weighted by molar-refractivity contribution is 6.31. The summed E-state index contributed by atoms with van der Waals surface area (Å²) in [6, 6.07) is 2.07. The lowest BCUT2D eigenvalue weighted by molar-refractivity contribution is 0.426. The summed E-state index contributed by atoms with van der Waals surface area (Å²) in [5.74, 6) is -0.516. The molecule has 1 aromatic carbocycles. The predicted molar refractivity (Wildman–Crippen MR) is 56.3 cm³/mol. The third kappa shape index (κ3) is 2.56. The second kappa shape index (κ2) is 5.49. The molecule has 0 bridgehead atoms. The Bertz CT molecular complexity index is 318. The van der Waals surface area contributed by atoms with Crippen molar-refractivity contribution in [2.45, 2.75) is 13.0 Å². The van der Waals surface area contributed by atoms with Crippen molar-refractivity contribution >= 4 is 24.0 Å². The van der Waals surface area contributed by atoms with Gasteiger partial charge in [0.25, 0.3) is 0 Å². The van der Waals surface area contributed by atoms with E-state index in [0.717, 1.165) is 0 Å². The molecule has 1 aromatic rings. The molecule has 0 aliphatic rings. The normalized spacial score (nSPS) is 12.1. The molecule has 5 heteroatoms. The molecule has 14 heavy (non-hydrogen) atoms. The zero-order valence-corrected chi connectivity index (χ0v) is 9.13. The van der Waals surface area contributed by atoms with Crippen LogP contribution in [-0.2, 0) is 0 Å². The predicted octanol–water partition coefficient (Wildman–Crippen LogP) is 3.18. The number of alkyl halides is 1. The Hall–Kier alpha value is -0.380. The number of benzene rings is 1. The molecule has 1 rings (SSSR count). The largest absolute Gasteiger partial charge is 0.322 e. The van der Waals surface area contributed by atoms with Gasteiger partial charge >= 0.3 is 0 Å². The summed E-state index contributed by atoms with van der Waals surface area (Å²) in [6.45, 7) is 0.764. The molecule has 0 aromatic heterocycles. The summed E-state index contributed by atoms with van der Waals surface area (Å²) < 4.78 is 25.6. The van der Waals surface area contributed by atoms with E-state index in [2.05, 4.69) is 0 Å². The SMILES string of the molecule is Cc1ccc(Cl)c([C@H](N)CF)c1F.Cl. The van der Waals surface area contributed by atoms with Crippen molar-refractivity contribution in [3.05, 3.63) is 34.1 Å². The van der Waals surface area contributed by atoms with E-state index in [1.165, 1.54) is 12.1 Å². The van der Waals surface area contributed by atoms with Crippen LogP contribution in [0.15, 0.2) is 12.1 Å². The van der Waals surface area contributed by atoms with Crippen LogP contribution in [0.1, 0.15) is 17.2 Å². The molecular weight excluding hydrogens is 231 g/mol. The van der Waals surface area contributed by atoms with Crippen LogP contribution in [0.3, 0.4) is 0 Å². The summed E-state index contributed by atoms with van der Waals surface area (Å²) >= 11 is 5.69. The topological polar surface area (TPSA) is 26.0 Å². The molecule has 1 atom stereocenters. The van der Waals surface area contributed by atoms with Gasteiger partial charge in [0.15, 0.2) is 0 Å². The van der Waals surface area contributed by atoms with Crippen LogP contribution in [0, 0.1) is 12.7 Å². The standard InChI is InChI=1S/C9H10ClF2N.ClH/c1-5-2-3-6(10)8(9(5)12)7(13)4-11;/h2-3,7H,4,13H2,1H3;1H/t7-;/m1./s1. The number of hydrogen-bond acceptors (Lipinski definition) is 1. The van der Waals surface area contributed by atoms with Crippen LogP contribution < -0.4 is 5.73 Å². The monoisotopic (exact) mass is 241 g/mol. The van der Waals surface area contributed by atoms with Gasteiger partial charge in [0.2, 0.25) is 0 Å². The highest BCUT2D eigenvalue weighted by atomic mass is 35.5. The van der Waals surface area contributed by atoms with Crippen molar-refractivity contribution in [1.29, 1.82) is 0 Å². The Labute approximate surface area is 92.7 Å². The first-order valence-electron chi connectivity index (χ1n) is 3.84. The quantitative estimate of drug-likeness (QED) is 0.846. The number of halogens is 4. The average Bonchev–Trinajstić information content (AvgIpc) is 2.12. The third-order valence-electron chi connectivity index (χ3n) is 1.86. The lowest BCUT2D eigenvalue weighted by atomic mass is 10.0. The Morgan fingerprint density at radius 3 is 2.57 bits per heavy atom. The summed E-state index contributed by atoms with van der Waals surface area (Å²) in [6.07, 6.45) is 0. The summed E-state index contributed by atoms with van der Waals surface area (Å²) in [4.78, 5) is 0. The van der Waals surface area contributed by atoms with Gasteiger partial charge in [-0.15, -0.1) is 12.4 Å². The molecule has 0 amide bonds. The second-order valence-electron chi connectivity index (χ2n) is 2.85. The van der Waals surface area contributed by atoms with Crippen molar-refractivity contribution in [2.24, 2.45) is 5.73 Å². The molecular formula is C9H11Cl2F2N.